The van der Waals surface area contributed by atoms with Crippen LogP contribution < -0.4 is 4.74 Å². The molecule has 1 aromatic carbocycles. The third-order valence-electron chi connectivity index (χ3n) is 5.04. The van der Waals surface area contributed by atoms with E-state index in [0.29, 0.717) is 52.9 Å². The number of hydrogen-bond donors (Lipinski definition) is 0. The zero-order chi connectivity index (χ0) is 23.1. The Labute approximate surface area is 196 Å². The van der Waals surface area contributed by atoms with Gasteiger partial charge in [0.2, 0.25) is 0 Å². The van der Waals surface area contributed by atoms with Gasteiger partial charge in [0.1, 0.15) is 12.4 Å². The molecular weight excluding hydrogens is 406 g/mol. The summed E-state index contributed by atoms with van der Waals surface area (Å²) in [4.78, 5) is 2.09. The SMILES string of the molecule is CCCCCCCCc1ccc(OCCOCCOCCOCCOCCN(C)C)cc1. The normalized spacial score (nSPS) is 11.4. The molecule has 6 heteroatoms. The maximum Gasteiger partial charge on any atom is 0.119 e. The van der Waals surface area contributed by atoms with Gasteiger partial charge in [0.05, 0.1) is 52.9 Å². The summed E-state index contributed by atoms with van der Waals surface area (Å²) in [6.07, 6.45) is 9.18. The van der Waals surface area contributed by atoms with E-state index >= 15 is 0 Å². The molecule has 0 aromatic heterocycles. The average molecular weight is 454 g/mol. The average Bonchev–Trinajstić information content (AvgIpc) is 2.79. The molecule has 32 heavy (non-hydrogen) atoms. The summed E-state index contributed by atoms with van der Waals surface area (Å²) in [6.45, 7) is 8.54. The van der Waals surface area contributed by atoms with Gasteiger partial charge in [-0.15, -0.1) is 0 Å². The molecule has 0 spiro atoms. The Morgan fingerprint density at radius 2 is 1.09 bits per heavy atom. The van der Waals surface area contributed by atoms with Gasteiger partial charge in [0.15, 0.2) is 0 Å². The van der Waals surface area contributed by atoms with Gasteiger partial charge in [-0.05, 0) is 44.6 Å². The van der Waals surface area contributed by atoms with Crippen LogP contribution in [0.4, 0.5) is 0 Å². The Kier molecular flexibility index (Phi) is 19.5. The van der Waals surface area contributed by atoms with Gasteiger partial charge in [-0.25, -0.2) is 0 Å². The highest BCUT2D eigenvalue weighted by atomic mass is 16.6. The molecule has 0 saturated heterocycles. The predicted octanol–water partition coefficient (Wildman–Crippen LogP) is 4.60. The van der Waals surface area contributed by atoms with Crippen molar-refractivity contribution in [3.8, 4) is 5.75 Å². The first-order valence-corrected chi connectivity index (χ1v) is 12.4. The molecule has 0 aliphatic heterocycles. The standard InChI is InChI=1S/C26H47NO5/c1-4-5-6-7-8-9-10-25-11-13-26(14-12-25)32-24-23-31-22-21-30-20-19-29-18-17-28-16-15-27(2)3/h11-14H,4-10,15-24H2,1-3H3. The second kappa shape index (κ2) is 21.7. The van der Waals surface area contributed by atoms with Gasteiger partial charge in [0, 0.05) is 6.54 Å². The molecule has 0 radical (unpaired) electrons. The van der Waals surface area contributed by atoms with Crippen molar-refractivity contribution >= 4 is 0 Å². The zero-order valence-electron chi connectivity index (χ0n) is 20.8. The molecule has 0 bridgehead atoms. The molecule has 1 rings (SSSR count). The third kappa shape index (κ3) is 18.4. The van der Waals surface area contributed by atoms with E-state index in [2.05, 4.69) is 36.1 Å². The molecule has 0 heterocycles. The predicted molar refractivity (Wildman–Crippen MR) is 131 cm³/mol. The molecule has 1 aromatic rings. The lowest BCUT2D eigenvalue weighted by molar-refractivity contribution is -0.00554. The molecule has 0 fully saturated rings. The first-order chi connectivity index (χ1) is 15.7. The summed E-state index contributed by atoms with van der Waals surface area (Å²) >= 11 is 0. The molecule has 6 nitrogen and oxygen atoms in total. The van der Waals surface area contributed by atoms with Crippen molar-refractivity contribution in [1.82, 2.24) is 4.90 Å². The highest BCUT2D eigenvalue weighted by Gasteiger charge is 1.98. The maximum absolute atomic E-state index is 5.74. The quantitative estimate of drug-likeness (QED) is 0.226. The highest BCUT2D eigenvalue weighted by molar-refractivity contribution is 5.27. The highest BCUT2D eigenvalue weighted by Crippen LogP contribution is 2.15. The Bertz CT molecular complexity index is 509. The van der Waals surface area contributed by atoms with E-state index in [1.54, 1.807) is 0 Å². The van der Waals surface area contributed by atoms with E-state index in [1.807, 2.05) is 14.1 Å². The Balaban J connectivity index is 1.85. The van der Waals surface area contributed by atoms with Crippen LogP contribution in [0.2, 0.25) is 0 Å². The molecule has 186 valence electrons. The number of rotatable bonds is 23. The van der Waals surface area contributed by atoms with Crippen molar-refractivity contribution in [2.24, 2.45) is 0 Å². The first-order valence-electron chi connectivity index (χ1n) is 12.4. The zero-order valence-corrected chi connectivity index (χ0v) is 20.8. The summed E-state index contributed by atoms with van der Waals surface area (Å²) in [5.74, 6) is 0.902. The lowest BCUT2D eigenvalue weighted by atomic mass is 10.0. The van der Waals surface area contributed by atoms with Gasteiger partial charge in [-0.2, -0.15) is 0 Å². The number of benzene rings is 1. The maximum atomic E-state index is 5.74. The third-order valence-corrected chi connectivity index (χ3v) is 5.04. The Morgan fingerprint density at radius 1 is 0.594 bits per heavy atom. The molecule has 0 saturated carbocycles. The minimum Gasteiger partial charge on any atom is -0.491 e. The Morgan fingerprint density at radius 3 is 1.66 bits per heavy atom. The smallest absolute Gasteiger partial charge is 0.119 e. The topological polar surface area (TPSA) is 49.4 Å². The first kappa shape index (κ1) is 28.9. The van der Waals surface area contributed by atoms with Crippen LogP contribution in [-0.2, 0) is 25.4 Å². The number of ether oxygens (including phenoxy) is 5. The van der Waals surface area contributed by atoms with Crippen LogP contribution in [0.1, 0.15) is 51.0 Å². The number of likely N-dealkylation sites (N-methyl/N-ethyl adjacent to an activating group) is 1. The van der Waals surface area contributed by atoms with Crippen LogP contribution in [0.15, 0.2) is 24.3 Å². The molecule has 0 amide bonds. The Hall–Kier alpha value is -1.18. The van der Waals surface area contributed by atoms with Gasteiger partial charge < -0.3 is 28.6 Å². The second-order valence-corrected chi connectivity index (χ2v) is 8.26. The number of hydrogen-bond acceptors (Lipinski definition) is 6. The second-order valence-electron chi connectivity index (χ2n) is 8.26. The minimum absolute atomic E-state index is 0.549. The number of aryl methyl sites for hydroxylation is 1. The lowest BCUT2D eigenvalue weighted by Crippen LogP contribution is -2.19. The molecule has 0 aliphatic rings. The molecule has 0 N–H and O–H groups in total. The fourth-order valence-corrected chi connectivity index (χ4v) is 3.09. The number of nitrogens with zero attached hydrogens (tertiary/aromatic N) is 1. The fraction of sp³-hybridized carbons (Fsp3) is 0.769. The summed E-state index contributed by atoms with van der Waals surface area (Å²) in [5, 5.41) is 0. The van der Waals surface area contributed by atoms with E-state index in [9.17, 15) is 0 Å². The van der Waals surface area contributed by atoms with Crippen LogP contribution >= 0.6 is 0 Å². The summed E-state index contributed by atoms with van der Waals surface area (Å²) < 4.78 is 27.7. The largest absolute Gasteiger partial charge is 0.491 e. The van der Waals surface area contributed by atoms with Gasteiger partial charge in [-0.3, -0.25) is 0 Å². The van der Waals surface area contributed by atoms with Crippen LogP contribution in [0.3, 0.4) is 0 Å². The van der Waals surface area contributed by atoms with Crippen LogP contribution in [0.25, 0.3) is 0 Å². The monoisotopic (exact) mass is 453 g/mol. The van der Waals surface area contributed by atoms with Crippen LogP contribution in [0, 0.1) is 0 Å². The van der Waals surface area contributed by atoms with E-state index in [-0.39, 0.29) is 0 Å². The van der Waals surface area contributed by atoms with E-state index in [1.165, 1.54) is 44.1 Å². The van der Waals surface area contributed by atoms with Crippen LogP contribution in [0.5, 0.6) is 5.75 Å². The van der Waals surface area contributed by atoms with Crippen molar-refractivity contribution in [3.63, 3.8) is 0 Å². The van der Waals surface area contributed by atoms with E-state index in [4.69, 9.17) is 23.7 Å². The van der Waals surface area contributed by atoms with Crippen molar-refractivity contribution < 1.29 is 23.7 Å². The fourth-order valence-electron chi connectivity index (χ4n) is 3.09. The molecule has 0 atom stereocenters. The molecule has 0 aliphatic carbocycles. The minimum atomic E-state index is 0.549. The molecule has 0 unspecified atom stereocenters. The lowest BCUT2D eigenvalue weighted by Gasteiger charge is -2.10. The van der Waals surface area contributed by atoms with Gasteiger partial charge in [-0.1, -0.05) is 51.2 Å². The molecular formula is C26H47NO5. The van der Waals surface area contributed by atoms with Gasteiger partial charge in [0.25, 0.3) is 0 Å². The number of unbranched alkanes of at least 4 members (excludes halogenated alkanes) is 5. The van der Waals surface area contributed by atoms with E-state index < -0.39 is 0 Å². The summed E-state index contributed by atoms with van der Waals surface area (Å²) in [7, 11) is 4.06. The van der Waals surface area contributed by atoms with Gasteiger partial charge >= 0.3 is 0 Å². The van der Waals surface area contributed by atoms with Crippen LogP contribution in [-0.4, -0.2) is 85.0 Å². The van der Waals surface area contributed by atoms with E-state index in [0.717, 1.165) is 25.3 Å². The van der Waals surface area contributed by atoms with Crippen molar-refractivity contribution in [2.75, 3.05) is 80.1 Å². The summed E-state index contributed by atoms with van der Waals surface area (Å²) in [5.41, 5.74) is 1.39. The summed E-state index contributed by atoms with van der Waals surface area (Å²) in [6, 6.07) is 8.47. The van der Waals surface area contributed by atoms with Crippen molar-refractivity contribution in [2.45, 2.75) is 51.9 Å². The van der Waals surface area contributed by atoms with Crippen molar-refractivity contribution in [1.29, 1.82) is 0 Å². The van der Waals surface area contributed by atoms with Crippen molar-refractivity contribution in [3.05, 3.63) is 29.8 Å².